The van der Waals surface area contributed by atoms with Gasteiger partial charge in [0.25, 0.3) is 0 Å². The lowest BCUT2D eigenvalue weighted by molar-refractivity contribution is 0.156. The number of guanidine groups is 1. The van der Waals surface area contributed by atoms with E-state index in [4.69, 9.17) is 4.74 Å². The highest BCUT2D eigenvalue weighted by molar-refractivity contribution is 14.0. The van der Waals surface area contributed by atoms with Crippen LogP contribution in [0.3, 0.4) is 0 Å². The number of ether oxygens (including phenoxy) is 1. The second-order valence-electron chi connectivity index (χ2n) is 6.10. The van der Waals surface area contributed by atoms with Gasteiger partial charge in [-0.15, -0.1) is 24.0 Å². The average Bonchev–Trinajstić information content (AvgIpc) is 3.00. The van der Waals surface area contributed by atoms with E-state index in [1.54, 1.807) is 0 Å². The second kappa shape index (κ2) is 8.38. The molecule has 5 nitrogen and oxygen atoms in total. The molecule has 0 amide bonds. The monoisotopic (exact) mass is 396 g/mol. The van der Waals surface area contributed by atoms with Crippen molar-refractivity contribution in [3.8, 4) is 0 Å². The first-order chi connectivity index (χ1) is 9.15. The van der Waals surface area contributed by atoms with E-state index in [2.05, 4.69) is 34.2 Å². The van der Waals surface area contributed by atoms with Crippen LogP contribution in [-0.4, -0.2) is 76.3 Å². The molecule has 2 aliphatic heterocycles. The van der Waals surface area contributed by atoms with E-state index in [9.17, 15) is 0 Å². The number of nitrogens with zero attached hydrogens (tertiary/aromatic N) is 3. The molecule has 0 bridgehead atoms. The Kier molecular flexibility index (Phi) is 7.53. The summed E-state index contributed by atoms with van der Waals surface area (Å²) in [5, 5.41) is 3.48. The molecule has 2 rings (SSSR count). The van der Waals surface area contributed by atoms with Crippen LogP contribution in [0.1, 0.15) is 19.3 Å². The molecule has 118 valence electrons. The Morgan fingerprint density at radius 1 is 1.40 bits per heavy atom. The lowest BCUT2D eigenvalue weighted by atomic mass is 9.87. The quantitative estimate of drug-likeness (QED) is 0.336. The number of nitrogens with one attached hydrogen (secondary N) is 1. The molecule has 6 heteroatoms. The van der Waals surface area contributed by atoms with Gasteiger partial charge in [0.2, 0.25) is 0 Å². The van der Waals surface area contributed by atoms with E-state index in [0.29, 0.717) is 5.41 Å². The Bertz CT molecular complexity index is 316. The highest BCUT2D eigenvalue weighted by Gasteiger charge is 2.42. The van der Waals surface area contributed by atoms with Gasteiger partial charge in [0.1, 0.15) is 0 Å². The van der Waals surface area contributed by atoms with Gasteiger partial charge in [-0.3, -0.25) is 4.99 Å². The van der Waals surface area contributed by atoms with E-state index < -0.39 is 0 Å². The molecule has 2 aliphatic rings. The predicted molar refractivity (Wildman–Crippen MR) is 94.0 cm³/mol. The van der Waals surface area contributed by atoms with Crippen molar-refractivity contribution in [1.29, 1.82) is 0 Å². The molecule has 0 aliphatic carbocycles. The first kappa shape index (κ1) is 18.0. The lowest BCUT2D eigenvalue weighted by Gasteiger charge is -2.25. The second-order valence-corrected chi connectivity index (χ2v) is 6.10. The molecule has 2 heterocycles. The molecule has 0 aromatic carbocycles. The number of likely N-dealkylation sites (tertiary alicyclic amines) is 1. The van der Waals surface area contributed by atoms with Crippen molar-refractivity contribution >= 4 is 29.9 Å². The van der Waals surface area contributed by atoms with Crippen molar-refractivity contribution in [2.75, 3.05) is 60.5 Å². The molecule has 1 unspecified atom stereocenters. The number of rotatable bonds is 4. The zero-order valence-corrected chi connectivity index (χ0v) is 15.4. The van der Waals surface area contributed by atoms with E-state index in [-0.39, 0.29) is 24.0 Å². The van der Waals surface area contributed by atoms with E-state index >= 15 is 0 Å². The summed E-state index contributed by atoms with van der Waals surface area (Å²) in [6.45, 7) is 6.17. The fourth-order valence-corrected chi connectivity index (χ4v) is 3.02. The van der Waals surface area contributed by atoms with Crippen LogP contribution in [-0.2, 0) is 4.74 Å². The molecule has 1 spiro atoms. The standard InChI is InChI=1S/C14H28N4O.HI/c1-15-13(16-7-4-8-17(2)3)18-9-5-14(11-18)6-10-19-12-14;/h4-12H2,1-3H3,(H,15,16);1H. The first-order valence-corrected chi connectivity index (χ1v) is 7.33. The van der Waals surface area contributed by atoms with E-state index in [1.165, 1.54) is 12.8 Å². The average molecular weight is 396 g/mol. The Morgan fingerprint density at radius 3 is 2.80 bits per heavy atom. The molecule has 0 aromatic heterocycles. The molecule has 0 saturated carbocycles. The van der Waals surface area contributed by atoms with Crippen LogP contribution in [0.25, 0.3) is 0 Å². The lowest BCUT2D eigenvalue weighted by Crippen LogP contribution is -2.42. The molecule has 2 fully saturated rings. The SMILES string of the molecule is CN=C(NCCCN(C)C)N1CCC2(CCOC2)C1.I. The zero-order valence-electron chi connectivity index (χ0n) is 13.0. The topological polar surface area (TPSA) is 40.1 Å². The van der Waals surface area contributed by atoms with Crippen molar-refractivity contribution in [2.45, 2.75) is 19.3 Å². The number of halogens is 1. The summed E-state index contributed by atoms with van der Waals surface area (Å²) < 4.78 is 5.58. The predicted octanol–water partition coefficient (Wildman–Crippen LogP) is 1.24. The van der Waals surface area contributed by atoms with Crippen LogP contribution < -0.4 is 5.32 Å². The Labute approximate surface area is 140 Å². The molecule has 1 N–H and O–H groups in total. The highest BCUT2D eigenvalue weighted by Crippen LogP contribution is 2.38. The molecule has 2 saturated heterocycles. The summed E-state index contributed by atoms with van der Waals surface area (Å²) in [6, 6.07) is 0. The maximum Gasteiger partial charge on any atom is 0.193 e. The minimum atomic E-state index is 0. The minimum Gasteiger partial charge on any atom is -0.381 e. The van der Waals surface area contributed by atoms with Gasteiger partial charge in [-0.1, -0.05) is 0 Å². The Morgan fingerprint density at radius 2 is 2.20 bits per heavy atom. The molecule has 0 radical (unpaired) electrons. The van der Waals surface area contributed by atoms with Crippen LogP contribution in [0.15, 0.2) is 4.99 Å². The highest BCUT2D eigenvalue weighted by atomic mass is 127. The van der Waals surface area contributed by atoms with E-state index in [1.807, 2.05) is 7.05 Å². The van der Waals surface area contributed by atoms with Crippen molar-refractivity contribution in [3.05, 3.63) is 0 Å². The van der Waals surface area contributed by atoms with Crippen LogP contribution >= 0.6 is 24.0 Å². The van der Waals surface area contributed by atoms with Gasteiger partial charge in [-0.25, -0.2) is 0 Å². The summed E-state index contributed by atoms with van der Waals surface area (Å²) in [7, 11) is 6.10. The normalized spacial score (nSPS) is 26.4. The van der Waals surface area contributed by atoms with Gasteiger partial charge in [0.15, 0.2) is 5.96 Å². The summed E-state index contributed by atoms with van der Waals surface area (Å²) in [5.74, 6) is 1.06. The fraction of sp³-hybridized carbons (Fsp3) is 0.929. The van der Waals surface area contributed by atoms with Crippen LogP contribution in [0.2, 0.25) is 0 Å². The van der Waals surface area contributed by atoms with Gasteiger partial charge in [0, 0.05) is 38.7 Å². The maximum atomic E-state index is 5.58. The van der Waals surface area contributed by atoms with Gasteiger partial charge in [-0.2, -0.15) is 0 Å². The smallest absolute Gasteiger partial charge is 0.193 e. The van der Waals surface area contributed by atoms with Crippen molar-refractivity contribution < 1.29 is 4.74 Å². The fourth-order valence-electron chi connectivity index (χ4n) is 3.02. The molecular weight excluding hydrogens is 367 g/mol. The largest absolute Gasteiger partial charge is 0.381 e. The summed E-state index contributed by atoms with van der Waals surface area (Å²) in [4.78, 5) is 9.02. The third-order valence-corrected chi connectivity index (χ3v) is 4.20. The Hall–Kier alpha value is -0.0800. The van der Waals surface area contributed by atoms with Gasteiger partial charge in [-0.05, 0) is 39.9 Å². The van der Waals surface area contributed by atoms with Crippen LogP contribution in [0.5, 0.6) is 0 Å². The van der Waals surface area contributed by atoms with Crippen LogP contribution in [0.4, 0.5) is 0 Å². The Balaban J connectivity index is 0.00000200. The van der Waals surface area contributed by atoms with Crippen LogP contribution in [0, 0.1) is 5.41 Å². The van der Waals surface area contributed by atoms with Gasteiger partial charge in [0.05, 0.1) is 6.61 Å². The van der Waals surface area contributed by atoms with Crippen molar-refractivity contribution in [2.24, 2.45) is 10.4 Å². The minimum absolute atomic E-state index is 0. The molecule has 1 atom stereocenters. The third kappa shape index (κ3) is 4.73. The van der Waals surface area contributed by atoms with Crippen molar-refractivity contribution in [1.82, 2.24) is 15.1 Å². The summed E-state index contributed by atoms with van der Waals surface area (Å²) >= 11 is 0. The number of hydrogen-bond acceptors (Lipinski definition) is 3. The third-order valence-electron chi connectivity index (χ3n) is 4.20. The number of hydrogen-bond donors (Lipinski definition) is 1. The molecule has 20 heavy (non-hydrogen) atoms. The molecular formula is C14H29IN4O. The van der Waals surface area contributed by atoms with Crippen molar-refractivity contribution in [3.63, 3.8) is 0 Å². The number of aliphatic imine (C=N–C) groups is 1. The zero-order chi connectivity index (χ0) is 13.7. The van der Waals surface area contributed by atoms with E-state index in [0.717, 1.165) is 51.8 Å². The summed E-state index contributed by atoms with van der Waals surface area (Å²) in [6.07, 6.45) is 3.60. The summed E-state index contributed by atoms with van der Waals surface area (Å²) in [5.41, 5.74) is 0.404. The maximum absolute atomic E-state index is 5.58. The first-order valence-electron chi connectivity index (χ1n) is 7.33. The van der Waals surface area contributed by atoms with Gasteiger partial charge >= 0.3 is 0 Å². The van der Waals surface area contributed by atoms with Gasteiger partial charge < -0.3 is 19.9 Å². The molecule has 0 aromatic rings.